The van der Waals surface area contributed by atoms with Crippen molar-refractivity contribution in [2.75, 3.05) is 12.3 Å². The van der Waals surface area contributed by atoms with Crippen LogP contribution in [0.3, 0.4) is 0 Å². The fraction of sp³-hybridized carbons (Fsp3) is 1.00. The zero-order valence-corrected chi connectivity index (χ0v) is 9.52. The van der Waals surface area contributed by atoms with E-state index in [1.165, 1.54) is 12.8 Å². The van der Waals surface area contributed by atoms with E-state index in [0.717, 1.165) is 19.4 Å². The van der Waals surface area contributed by atoms with Crippen LogP contribution in [0.5, 0.6) is 0 Å². The minimum Gasteiger partial charge on any atom is -0.312 e. The summed E-state index contributed by atoms with van der Waals surface area (Å²) < 4.78 is 23.9. The lowest BCUT2D eigenvalue weighted by Crippen LogP contribution is -2.43. The van der Waals surface area contributed by atoms with Gasteiger partial charge in [-0.2, -0.15) is 0 Å². The van der Waals surface area contributed by atoms with Crippen LogP contribution < -0.4 is 5.32 Å². The van der Waals surface area contributed by atoms with Gasteiger partial charge in [-0.25, -0.2) is 8.42 Å². The van der Waals surface area contributed by atoms with E-state index in [0.29, 0.717) is 11.7 Å². The third-order valence-electron chi connectivity index (χ3n) is 3.38. The molecule has 2 unspecified atom stereocenters. The highest BCUT2D eigenvalue weighted by molar-refractivity contribution is 7.92. The molecule has 0 aromatic carbocycles. The molecule has 1 saturated carbocycles. The Balaban J connectivity index is 2.20. The van der Waals surface area contributed by atoms with Crippen LogP contribution in [0.2, 0.25) is 0 Å². The predicted molar refractivity (Wildman–Crippen MR) is 57.0 cm³/mol. The largest absolute Gasteiger partial charge is 0.312 e. The van der Waals surface area contributed by atoms with E-state index in [2.05, 4.69) is 5.32 Å². The summed E-state index contributed by atoms with van der Waals surface area (Å²) in [7, 11) is -2.83. The Morgan fingerprint density at radius 3 is 2.64 bits per heavy atom. The molecule has 2 fully saturated rings. The van der Waals surface area contributed by atoms with E-state index in [1.54, 1.807) is 0 Å². The Labute approximate surface area is 86.2 Å². The molecule has 14 heavy (non-hydrogen) atoms. The fourth-order valence-corrected chi connectivity index (χ4v) is 4.60. The minimum absolute atomic E-state index is 0.127. The molecule has 2 atom stereocenters. The van der Waals surface area contributed by atoms with Crippen molar-refractivity contribution < 1.29 is 8.42 Å². The highest BCUT2D eigenvalue weighted by Gasteiger charge is 2.42. The smallest absolute Gasteiger partial charge is 0.154 e. The lowest BCUT2D eigenvalue weighted by molar-refractivity contribution is 0.438. The van der Waals surface area contributed by atoms with Gasteiger partial charge in [-0.15, -0.1) is 0 Å². The summed E-state index contributed by atoms with van der Waals surface area (Å²) in [6, 6.07) is 0.243. The van der Waals surface area contributed by atoms with Crippen LogP contribution in [-0.4, -0.2) is 32.0 Å². The first-order valence-electron chi connectivity index (χ1n) is 5.60. The second kappa shape index (κ2) is 3.81. The van der Waals surface area contributed by atoms with Crippen LogP contribution >= 0.6 is 0 Å². The first kappa shape index (κ1) is 10.4. The van der Waals surface area contributed by atoms with Crippen LogP contribution in [0, 0.1) is 5.92 Å². The summed E-state index contributed by atoms with van der Waals surface area (Å²) >= 11 is 0. The molecule has 3 nitrogen and oxygen atoms in total. The fourth-order valence-electron chi connectivity index (χ4n) is 2.48. The van der Waals surface area contributed by atoms with Crippen LogP contribution in [0.15, 0.2) is 0 Å². The third kappa shape index (κ3) is 1.96. The second-order valence-corrected chi connectivity index (χ2v) is 6.82. The van der Waals surface area contributed by atoms with Gasteiger partial charge in [0.05, 0.1) is 11.0 Å². The lowest BCUT2D eigenvalue weighted by Gasteiger charge is -2.23. The Hall–Kier alpha value is -0.0900. The predicted octanol–water partition coefficient (Wildman–Crippen LogP) is 0.952. The highest BCUT2D eigenvalue weighted by Crippen LogP contribution is 2.37. The molecular weight excluding hydrogens is 198 g/mol. The molecule has 1 N–H and O–H groups in total. The number of hydrogen-bond donors (Lipinski definition) is 1. The normalized spacial score (nSPS) is 37.8. The number of hydrogen-bond acceptors (Lipinski definition) is 3. The first-order valence-corrected chi connectivity index (χ1v) is 7.31. The van der Waals surface area contributed by atoms with Crippen molar-refractivity contribution in [3.63, 3.8) is 0 Å². The van der Waals surface area contributed by atoms with Crippen molar-refractivity contribution in [3.8, 4) is 0 Å². The van der Waals surface area contributed by atoms with E-state index in [-0.39, 0.29) is 11.3 Å². The van der Waals surface area contributed by atoms with Crippen LogP contribution in [0.1, 0.15) is 32.6 Å². The third-order valence-corrected chi connectivity index (χ3v) is 5.79. The van der Waals surface area contributed by atoms with Gasteiger partial charge >= 0.3 is 0 Å². The van der Waals surface area contributed by atoms with E-state index < -0.39 is 9.84 Å². The molecular formula is C10H19NO2S. The van der Waals surface area contributed by atoms with Gasteiger partial charge in [0, 0.05) is 6.04 Å². The molecule has 0 amide bonds. The maximum atomic E-state index is 11.9. The van der Waals surface area contributed by atoms with E-state index in [4.69, 9.17) is 0 Å². The van der Waals surface area contributed by atoms with Gasteiger partial charge in [-0.3, -0.25) is 0 Å². The summed E-state index contributed by atoms with van der Waals surface area (Å²) in [5, 5.41) is 3.29. The molecule has 1 saturated heterocycles. The molecule has 4 heteroatoms. The Bertz CT molecular complexity index is 295. The van der Waals surface area contributed by atoms with Gasteiger partial charge in [-0.1, -0.05) is 6.92 Å². The van der Waals surface area contributed by atoms with Crippen LogP contribution in [0.25, 0.3) is 0 Å². The summed E-state index contributed by atoms with van der Waals surface area (Å²) in [5.74, 6) is 1.01. The maximum absolute atomic E-state index is 11.9. The van der Waals surface area contributed by atoms with Crippen molar-refractivity contribution in [1.29, 1.82) is 0 Å². The molecule has 0 spiro atoms. The van der Waals surface area contributed by atoms with Crippen molar-refractivity contribution in [2.24, 2.45) is 5.92 Å². The number of nitrogens with one attached hydrogen (secondary N) is 1. The van der Waals surface area contributed by atoms with E-state index >= 15 is 0 Å². The van der Waals surface area contributed by atoms with Crippen molar-refractivity contribution in [3.05, 3.63) is 0 Å². The monoisotopic (exact) mass is 217 g/mol. The van der Waals surface area contributed by atoms with Gasteiger partial charge in [0.25, 0.3) is 0 Å². The highest BCUT2D eigenvalue weighted by atomic mass is 32.2. The van der Waals surface area contributed by atoms with Gasteiger partial charge in [-0.05, 0) is 38.1 Å². The minimum atomic E-state index is -2.83. The van der Waals surface area contributed by atoms with Crippen LogP contribution in [0.4, 0.5) is 0 Å². The zero-order chi connectivity index (χ0) is 10.2. The van der Waals surface area contributed by atoms with E-state index in [1.807, 2.05) is 6.92 Å². The summed E-state index contributed by atoms with van der Waals surface area (Å²) in [6.07, 6.45) is 3.96. The molecule has 0 aromatic rings. The molecule has 0 bridgehead atoms. The van der Waals surface area contributed by atoms with Crippen LogP contribution in [-0.2, 0) is 9.84 Å². The summed E-state index contributed by atoms with van der Waals surface area (Å²) in [4.78, 5) is 0. The van der Waals surface area contributed by atoms with Crippen molar-refractivity contribution >= 4 is 9.84 Å². The quantitative estimate of drug-likeness (QED) is 0.749. The maximum Gasteiger partial charge on any atom is 0.154 e. The first-order chi connectivity index (χ1) is 6.65. The van der Waals surface area contributed by atoms with Crippen molar-refractivity contribution in [2.45, 2.75) is 43.9 Å². The average Bonchev–Trinajstić information content (AvgIpc) is 2.90. The van der Waals surface area contributed by atoms with Gasteiger partial charge in [0.1, 0.15) is 0 Å². The molecule has 1 aliphatic carbocycles. The zero-order valence-electron chi connectivity index (χ0n) is 8.70. The molecule has 82 valence electrons. The average molecular weight is 217 g/mol. The lowest BCUT2D eigenvalue weighted by atomic mass is 10.1. The molecule has 1 aliphatic heterocycles. The summed E-state index contributed by atoms with van der Waals surface area (Å²) in [6.45, 7) is 2.86. The second-order valence-electron chi connectivity index (χ2n) is 4.48. The molecule has 2 rings (SSSR count). The Morgan fingerprint density at radius 2 is 2.07 bits per heavy atom. The molecule has 0 radical (unpaired) electrons. The Morgan fingerprint density at radius 1 is 1.36 bits per heavy atom. The SMILES string of the molecule is CCC1C(C2CC2)NCCCS1(=O)=O. The van der Waals surface area contributed by atoms with Gasteiger partial charge in [0.2, 0.25) is 0 Å². The molecule has 1 heterocycles. The summed E-state index contributed by atoms with van der Waals surface area (Å²) in [5.41, 5.74) is 0. The number of sulfone groups is 1. The van der Waals surface area contributed by atoms with Crippen molar-refractivity contribution in [1.82, 2.24) is 5.32 Å². The Kier molecular flexibility index (Phi) is 2.84. The van der Waals surface area contributed by atoms with Gasteiger partial charge in [0.15, 0.2) is 9.84 Å². The molecule has 2 aliphatic rings. The topological polar surface area (TPSA) is 46.2 Å². The molecule has 0 aromatic heterocycles. The number of rotatable bonds is 2. The van der Waals surface area contributed by atoms with Gasteiger partial charge < -0.3 is 5.32 Å². The standard InChI is InChI=1S/C10H19NO2S/c1-2-9-10(8-4-5-8)11-6-3-7-14(9,12)13/h8-11H,2-7H2,1H3. The van der Waals surface area contributed by atoms with E-state index in [9.17, 15) is 8.42 Å².